The van der Waals surface area contributed by atoms with E-state index in [1.807, 2.05) is 13.8 Å². The van der Waals surface area contributed by atoms with Crippen LogP contribution in [0.25, 0.3) is 0 Å². The number of halogens is 1. The standard InChI is InChI=1S/C12H17FN2O/c1-9(2)14-8-12(16)15(3)11-6-4-10(13)5-7-11/h4-7,9,14H,8H2,1-3H3. The van der Waals surface area contributed by atoms with Crippen LogP contribution in [0.15, 0.2) is 24.3 Å². The molecule has 0 aromatic heterocycles. The fourth-order valence-electron chi connectivity index (χ4n) is 1.22. The van der Waals surface area contributed by atoms with Gasteiger partial charge in [-0.15, -0.1) is 0 Å². The summed E-state index contributed by atoms with van der Waals surface area (Å²) in [4.78, 5) is 13.2. The van der Waals surface area contributed by atoms with Crippen molar-refractivity contribution in [2.24, 2.45) is 0 Å². The molecule has 88 valence electrons. The van der Waals surface area contributed by atoms with E-state index in [0.29, 0.717) is 5.69 Å². The molecule has 0 atom stereocenters. The molecule has 0 saturated heterocycles. The van der Waals surface area contributed by atoms with Crippen molar-refractivity contribution in [3.63, 3.8) is 0 Å². The third-order valence-electron chi connectivity index (χ3n) is 2.25. The Morgan fingerprint density at radius 1 is 1.38 bits per heavy atom. The van der Waals surface area contributed by atoms with E-state index in [4.69, 9.17) is 0 Å². The molecule has 0 aliphatic heterocycles. The fraction of sp³-hybridized carbons (Fsp3) is 0.417. The largest absolute Gasteiger partial charge is 0.314 e. The Hall–Kier alpha value is -1.42. The first-order chi connectivity index (χ1) is 7.50. The molecule has 0 unspecified atom stereocenters. The van der Waals surface area contributed by atoms with Crippen LogP contribution in [0, 0.1) is 5.82 Å². The van der Waals surface area contributed by atoms with Gasteiger partial charge in [0.2, 0.25) is 5.91 Å². The summed E-state index contributed by atoms with van der Waals surface area (Å²) < 4.78 is 12.7. The number of amides is 1. The molecule has 1 N–H and O–H groups in total. The first-order valence-electron chi connectivity index (χ1n) is 5.26. The molecule has 0 bridgehead atoms. The average Bonchev–Trinajstić information content (AvgIpc) is 2.26. The van der Waals surface area contributed by atoms with Crippen LogP contribution in [0.5, 0.6) is 0 Å². The lowest BCUT2D eigenvalue weighted by Gasteiger charge is -2.18. The summed E-state index contributed by atoms with van der Waals surface area (Å²) in [5.74, 6) is -0.342. The van der Waals surface area contributed by atoms with Crippen molar-refractivity contribution in [3.8, 4) is 0 Å². The van der Waals surface area contributed by atoms with E-state index in [0.717, 1.165) is 0 Å². The predicted molar refractivity (Wildman–Crippen MR) is 62.9 cm³/mol. The summed E-state index contributed by atoms with van der Waals surface area (Å²) in [6, 6.07) is 6.13. The van der Waals surface area contributed by atoms with Crippen molar-refractivity contribution in [2.45, 2.75) is 19.9 Å². The van der Waals surface area contributed by atoms with Crippen molar-refractivity contribution >= 4 is 11.6 Å². The van der Waals surface area contributed by atoms with Crippen LogP contribution in [0.1, 0.15) is 13.8 Å². The molecule has 16 heavy (non-hydrogen) atoms. The van der Waals surface area contributed by atoms with Gasteiger partial charge in [-0.3, -0.25) is 4.79 Å². The minimum Gasteiger partial charge on any atom is -0.314 e. The van der Waals surface area contributed by atoms with Crippen LogP contribution in [0.2, 0.25) is 0 Å². The van der Waals surface area contributed by atoms with Crippen LogP contribution >= 0.6 is 0 Å². The number of hydrogen-bond acceptors (Lipinski definition) is 2. The molecule has 0 heterocycles. The molecule has 0 spiro atoms. The highest BCUT2D eigenvalue weighted by Gasteiger charge is 2.10. The van der Waals surface area contributed by atoms with Gasteiger partial charge in [-0.05, 0) is 24.3 Å². The van der Waals surface area contributed by atoms with Gasteiger partial charge < -0.3 is 10.2 Å². The van der Waals surface area contributed by atoms with E-state index in [-0.39, 0.29) is 24.3 Å². The van der Waals surface area contributed by atoms with E-state index in [1.165, 1.54) is 17.0 Å². The Morgan fingerprint density at radius 3 is 2.44 bits per heavy atom. The lowest BCUT2D eigenvalue weighted by molar-refractivity contribution is -0.117. The summed E-state index contributed by atoms with van der Waals surface area (Å²) in [6.45, 7) is 4.24. The van der Waals surface area contributed by atoms with Crippen LogP contribution in [-0.2, 0) is 4.79 Å². The smallest absolute Gasteiger partial charge is 0.240 e. The van der Waals surface area contributed by atoms with E-state index < -0.39 is 0 Å². The van der Waals surface area contributed by atoms with Gasteiger partial charge in [0.1, 0.15) is 5.82 Å². The van der Waals surface area contributed by atoms with Crippen LogP contribution < -0.4 is 10.2 Å². The maximum atomic E-state index is 12.7. The van der Waals surface area contributed by atoms with E-state index in [9.17, 15) is 9.18 Å². The fourth-order valence-corrected chi connectivity index (χ4v) is 1.22. The normalized spacial score (nSPS) is 10.6. The van der Waals surface area contributed by atoms with E-state index in [2.05, 4.69) is 5.32 Å². The number of rotatable bonds is 4. The van der Waals surface area contributed by atoms with Crippen molar-refractivity contribution in [1.82, 2.24) is 5.32 Å². The highest BCUT2D eigenvalue weighted by molar-refractivity contribution is 5.94. The average molecular weight is 224 g/mol. The Morgan fingerprint density at radius 2 is 1.94 bits per heavy atom. The number of carbonyl (C=O) groups excluding carboxylic acids is 1. The minimum atomic E-state index is -0.301. The highest BCUT2D eigenvalue weighted by atomic mass is 19.1. The molecule has 0 aliphatic carbocycles. The summed E-state index contributed by atoms with van der Waals surface area (Å²) in [7, 11) is 1.68. The first-order valence-corrected chi connectivity index (χ1v) is 5.26. The molecular formula is C12H17FN2O. The molecule has 0 radical (unpaired) electrons. The van der Waals surface area contributed by atoms with Gasteiger partial charge >= 0.3 is 0 Å². The number of nitrogens with zero attached hydrogens (tertiary/aromatic N) is 1. The second kappa shape index (κ2) is 5.61. The maximum absolute atomic E-state index is 12.7. The molecular weight excluding hydrogens is 207 g/mol. The molecule has 3 nitrogen and oxygen atoms in total. The minimum absolute atomic E-state index is 0.0414. The van der Waals surface area contributed by atoms with Gasteiger partial charge in [0.05, 0.1) is 6.54 Å². The van der Waals surface area contributed by atoms with Gasteiger partial charge in [0.15, 0.2) is 0 Å². The number of anilines is 1. The van der Waals surface area contributed by atoms with E-state index >= 15 is 0 Å². The monoisotopic (exact) mass is 224 g/mol. The maximum Gasteiger partial charge on any atom is 0.240 e. The number of likely N-dealkylation sites (N-methyl/N-ethyl adjacent to an activating group) is 1. The molecule has 1 rings (SSSR count). The molecule has 1 aromatic rings. The van der Waals surface area contributed by atoms with Crippen LogP contribution in [0.4, 0.5) is 10.1 Å². The molecule has 1 amide bonds. The second-order valence-electron chi connectivity index (χ2n) is 3.96. The first kappa shape index (κ1) is 12.6. The number of hydrogen-bond donors (Lipinski definition) is 1. The SMILES string of the molecule is CC(C)NCC(=O)N(C)c1ccc(F)cc1. The highest BCUT2D eigenvalue weighted by Crippen LogP contribution is 2.12. The zero-order chi connectivity index (χ0) is 12.1. The number of carbonyl (C=O) groups is 1. The quantitative estimate of drug-likeness (QED) is 0.845. The number of nitrogens with one attached hydrogen (secondary N) is 1. The molecule has 0 saturated carbocycles. The lowest BCUT2D eigenvalue weighted by Crippen LogP contribution is -2.38. The van der Waals surface area contributed by atoms with E-state index in [1.54, 1.807) is 19.2 Å². The van der Waals surface area contributed by atoms with Crippen molar-refractivity contribution < 1.29 is 9.18 Å². The topological polar surface area (TPSA) is 32.3 Å². The Bertz CT molecular complexity index is 349. The van der Waals surface area contributed by atoms with Gasteiger partial charge in [-0.2, -0.15) is 0 Å². The third-order valence-corrected chi connectivity index (χ3v) is 2.25. The molecule has 0 aliphatic rings. The Kier molecular flexibility index (Phi) is 4.43. The van der Waals surface area contributed by atoms with Gasteiger partial charge in [0.25, 0.3) is 0 Å². The second-order valence-corrected chi connectivity index (χ2v) is 3.96. The Labute approximate surface area is 95.3 Å². The zero-order valence-electron chi connectivity index (χ0n) is 9.83. The van der Waals surface area contributed by atoms with Gasteiger partial charge in [-0.1, -0.05) is 13.8 Å². The summed E-state index contributed by atoms with van der Waals surface area (Å²) in [5, 5.41) is 3.04. The Balaban J connectivity index is 2.59. The molecule has 0 fully saturated rings. The summed E-state index contributed by atoms with van der Waals surface area (Å²) >= 11 is 0. The van der Waals surface area contributed by atoms with Crippen molar-refractivity contribution in [2.75, 3.05) is 18.5 Å². The lowest BCUT2D eigenvalue weighted by atomic mass is 10.3. The zero-order valence-corrected chi connectivity index (χ0v) is 9.83. The molecule has 1 aromatic carbocycles. The predicted octanol–water partition coefficient (Wildman–Crippen LogP) is 1.79. The van der Waals surface area contributed by atoms with Gasteiger partial charge in [0, 0.05) is 18.8 Å². The van der Waals surface area contributed by atoms with Crippen LogP contribution in [0.3, 0.4) is 0 Å². The number of benzene rings is 1. The summed E-state index contributed by atoms with van der Waals surface area (Å²) in [5.41, 5.74) is 0.692. The van der Waals surface area contributed by atoms with Gasteiger partial charge in [-0.25, -0.2) is 4.39 Å². The van der Waals surface area contributed by atoms with Crippen LogP contribution in [-0.4, -0.2) is 25.5 Å². The summed E-state index contributed by atoms with van der Waals surface area (Å²) in [6.07, 6.45) is 0. The van der Waals surface area contributed by atoms with Crippen molar-refractivity contribution in [3.05, 3.63) is 30.1 Å². The van der Waals surface area contributed by atoms with Crippen molar-refractivity contribution in [1.29, 1.82) is 0 Å². The third kappa shape index (κ3) is 3.62. The molecule has 4 heteroatoms.